The first-order valence-corrected chi connectivity index (χ1v) is 10.3. The van der Waals surface area contributed by atoms with Crippen LogP contribution < -0.4 is 20.1 Å². The number of carbonyl (C=O) groups is 1. The molecule has 0 radical (unpaired) electrons. The lowest BCUT2D eigenvalue weighted by Crippen LogP contribution is -2.39. The van der Waals surface area contributed by atoms with Crippen molar-refractivity contribution in [3.8, 4) is 22.9 Å². The highest BCUT2D eigenvalue weighted by Crippen LogP contribution is 2.32. The maximum atomic E-state index is 12.4. The highest BCUT2D eigenvalue weighted by molar-refractivity contribution is 5.89. The van der Waals surface area contributed by atoms with Crippen LogP contribution in [-0.4, -0.2) is 54.2 Å². The van der Waals surface area contributed by atoms with Crippen LogP contribution in [-0.2, 0) is 0 Å². The Morgan fingerprint density at radius 1 is 1.18 bits per heavy atom. The SMILES string of the molecule is COc1cccc(NC(=O)N[C@H]2C[C@@H](c3nc(-c4ccc(OC(F)(F)F)cc4)no3)N(C)C2)c1. The van der Waals surface area contributed by atoms with E-state index in [1.807, 2.05) is 11.9 Å². The van der Waals surface area contributed by atoms with Crippen molar-refractivity contribution in [1.82, 2.24) is 20.4 Å². The number of benzene rings is 2. The van der Waals surface area contributed by atoms with Gasteiger partial charge in [-0.05, 0) is 49.9 Å². The van der Waals surface area contributed by atoms with Gasteiger partial charge in [-0.2, -0.15) is 4.98 Å². The molecule has 1 aliphatic heterocycles. The average Bonchev–Trinajstić information content (AvgIpc) is 3.40. The number of likely N-dealkylation sites (tertiary alicyclic amines) is 1. The van der Waals surface area contributed by atoms with Gasteiger partial charge in [-0.3, -0.25) is 4.90 Å². The summed E-state index contributed by atoms with van der Waals surface area (Å²) in [5, 5.41) is 9.65. The molecule has 0 spiro atoms. The van der Waals surface area contributed by atoms with E-state index < -0.39 is 6.36 Å². The smallest absolute Gasteiger partial charge is 0.497 e. The summed E-state index contributed by atoms with van der Waals surface area (Å²) in [6.07, 6.45) is -4.22. The first kappa shape index (κ1) is 23.4. The second kappa shape index (κ2) is 9.59. The van der Waals surface area contributed by atoms with Gasteiger partial charge in [-0.15, -0.1) is 13.2 Å². The van der Waals surface area contributed by atoms with Crippen molar-refractivity contribution < 1.29 is 32.0 Å². The van der Waals surface area contributed by atoms with Crippen LogP contribution in [0.1, 0.15) is 18.4 Å². The predicted molar refractivity (Wildman–Crippen MR) is 115 cm³/mol. The fourth-order valence-corrected chi connectivity index (χ4v) is 3.74. The number of amides is 2. The molecule has 9 nitrogen and oxygen atoms in total. The number of anilines is 1. The van der Waals surface area contributed by atoms with Crippen LogP contribution in [0.25, 0.3) is 11.4 Å². The summed E-state index contributed by atoms with van der Waals surface area (Å²) < 4.78 is 51.4. The molecule has 12 heteroatoms. The van der Waals surface area contributed by atoms with Crippen molar-refractivity contribution in [2.45, 2.75) is 24.9 Å². The van der Waals surface area contributed by atoms with E-state index in [9.17, 15) is 18.0 Å². The molecule has 4 rings (SSSR count). The fourth-order valence-electron chi connectivity index (χ4n) is 3.74. The second-order valence-corrected chi connectivity index (χ2v) is 7.75. The van der Waals surface area contributed by atoms with E-state index in [2.05, 4.69) is 25.5 Å². The molecule has 1 aliphatic rings. The number of halogens is 3. The average molecular weight is 477 g/mol. The van der Waals surface area contributed by atoms with Gasteiger partial charge in [-0.25, -0.2) is 4.79 Å². The highest BCUT2D eigenvalue weighted by atomic mass is 19.4. The molecule has 1 saturated heterocycles. The van der Waals surface area contributed by atoms with Crippen LogP contribution in [0, 0.1) is 0 Å². The lowest BCUT2D eigenvalue weighted by atomic mass is 10.1. The van der Waals surface area contributed by atoms with Crippen molar-refractivity contribution in [3.05, 3.63) is 54.4 Å². The third-order valence-electron chi connectivity index (χ3n) is 5.28. The van der Waals surface area contributed by atoms with E-state index in [0.29, 0.717) is 35.9 Å². The van der Waals surface area contributed by atoms with E-state index in [-0.39, 0.29) is 29.7 Å². The fraction of sp³-hybridized carbons (Fsp3) is 0.318. The van der Waals surface area contributed by atoms with Gasteiger partial charge in [0.25, 0.3) is 0 Å². The zero-order valence-corrected chi connectivity index (χ0v) is 18.3. The molecule has 0 unspecified atom stereocenters. The van der Waals surface area contributed by atoms with Gasteiger partial charge in [0.2, 0.25) is 11.7 Å². The van der Waals surface area contributed by atoms with E-state index >= 15 is 0 Å². The molecule has 0 aliphatic carbocycles. The molecule has 0 saturated carbocycles. The Morgan fingerprint density at radius 2 is 1.94 bits per heavy atom. The zero-order valence-electron chi connectivity index (χ0n) is 18.3. The molecule has 2 heterocycles. The number of hydrogen-bond donors (Lipinski definition) is 2. The molecule has 0 bridgehead atoms. The third kappa shape index (κ3) is 5.76. The molecule has 2 atom stereocenters. The number of urea groups is 1. The standard InChI is InChI=1S/C22H22F3N5O4/c1-30-12-15(27-21(31)26-14-4-3-5-17(10-14)32-2)11-18(30)20-28-19(29-34-20)13-6-8-16(9-7-13)33-22(23,24)25/h3-10,15,18H,11-12H2,1-2H3,(H2,26,27,31)/t15-,18-/m0/s1. The molecular weight excluding hydrogens is 455 g/mol. The minimum atomic E-state index is -4.76. The van der Waals surface area contributed by atoms with Gasteiger partial charge < -0.3 is 24.6 Å². The van der Waals surface area contributed by atoms with Crippen molar-refractivity contribution in [1.29, 1.82) is 0 Å². The Morgan fingerprint density at radius 3 is 2.65 bits per heavy atom. The summed E-state index contributed by atoms with van der Waals surface area (Å²) in [6.45, 7) is 0.567. The molecule has 2 amide bonds. The Labute approximate surface area is 192 Å². The molecule has 2 N–H and O–H groups in total. The van der Waals surface area contributed by atoms with Crippen LogP contribution in [0.15, 0.2) is 53.1 Å². The summed E-state index contributed by atoms with van der Waals surface area (Å²) in [4.78, 5) is 18.8. The number of nitrogens with zero attached hydrogens (tertiary/aromatic N) is 3. The number of hydrogen-bond acceptors (Lipinski definition) is 7. The van der Waals surface area contributed by atoms with E-state index in [1.165, 1.54) is 24.3 Å². The molecule has 2 aromatic carbocycles. The number of alkyl halides is 3. The quantitative estimate of drug-likeness (QED) is 0.548. The van der Waals surface area contributed by atoms with E-state index in [4.69, 9.17) is 9.26 Å². The number of carbonyl (C=O) groups excluding carboxylic acids is 1. The number of ether oxygens (including phenoxy) is 2. The maximum Gasteiger partial charge on any atom is 0.573 e. The van der Waals surface area contributed by atoms with Crippen molar-refractivity contribution in [2.24, 2.45) is 0 Å². The van der Waals surface area contributed by atoms with Gasteiger partial charge in [0.05, 0.1) is 13.2 Å². The molecule has 180 valence electrons. The number of likely N-dealkylation sites (N-methyl/N-ethyl adjacent to an activating group) is 1. The number of methoxy groups -OCH3 is 1. The summed E-state index contributed by atoms with van der Waals surface area (Å²) >= 11 is 0. The molecule has 1 aromatic heterocycles. The summed E-state index contributed by atoms with van der Waals surface area (Å²) in [5.41, 5.74) is 1.09. The predicted octanol–water partition coefficient (Wildman–Crippen LogP) is 4.21. The van der Waals surface area contributed by atoms with Gasteiger partial charge in [0.1, 0.15) is 11.5 Å². The van der Waals surface area contributed by atoms with Crippen LogP contribution in [0.2, 0.25) is 0 Å². The molecular formula is C22H22F3N5O4. The minimum Gasteiger partial charge on any atom is -0.497 e. The van der Waals surface area contributed by atoms with Gasteiger partial charge in [0, 0.05) is 29.9 Å². The molecule has 1 fully saturated rings. The largest absolute Gasteiger partial charge is 0.573 e. The lowest BCUT2D eigenvalue weighted by molar-refractivity contribution is -0.274. The topological polar surface area (TPSA) is 102 Å². The molecule has 34 heavy (non-hydrogen) atoms. The van der Waals surface area contributed by atoms with Crippen LogP contribution in [0.5, 0.6) is 11.5 Å². The zero-order chi connectivity index (χ0) is 24.3. The minimum absolute atomic E-state index is 0.158. The lowest BCUT2D eigenvalue weighted by Gasteiger charge is -2.14. The Hall–Kier alpha value is -3.80. The first-order valence-electron chi connectivity index (χ1n) is 10.3. The Kier molecular flexibility index (Phi) is 6.59. The monoisotopic (exact) mass is 477 g/mol. The van der Waals surface area contributed by atoms with Gasteiger partial charge in [-0.1, -0.05) is 11.2 Å². The number of rotatable bonds is 6. The normalized spacial score (nSPS) is 18.5. The van der Waals surface area contributed by atoms with Crippen molar-refractivity contribution >= 4 is 11.7 Å². The van der Waals surface area contributed by atoms with Crippen LogP contribution in [0.3, 0.4) is 0 Å². The van der Waals surface area contributed by atoms with Crippen LogP contribution >= 0.6 is 0 Å². The van der Waals surface area contributed by atoms with E-state index in [0.717, 1.165) is 0 Å². The molecule has 3 aromatic rings. The van der Waals surface area contributed by atoms with Crippen molar-refractivity contribution in [3.63, 3.8) is 0 Å². The first-order chi connectivity index (χ1) is 16.2. The number of aromatic nitrogens is 2. The highest BCUT2D eigenvalue weighted by Gasteiger charge is 2.35. The summed E-state index contributed by atoms with van der Waals surface area (Å²) in [7, 11) is 3.42. The van der Waals surface area contributed by atoms with Crippen LogP contribution in [0.4, 0.5) is 23.7 Å². The van der Waals surface area contributed by atoms with E-state index in [1.54, 1.807) is 31.4 Å². The second-order valence-electron chi connectivity index (χ2n) is 7.75. The Bertz CT molecular complexity index is 1140. The summed E-state index contributed by atoms with van der Waals surface area (Å²) in [6, 6.07) is 11.5. The third-order valence-corrected chi connectivity index (χ3v) is 5.28. The Balaban J connectivity index is 1.36. The van der Waals surface area contributed by atoms with Gasteiger partial charge >= 0.3 is 12.4 Å². The maximum absolute atomic E-state index is 12.4. The number of nitrogens with one attached hydrogen (secondary N) is 2. The summed E-state index contributed by atoms with van der Waals surface area (Å²) in [5.74, 6) is 0.893. The van der Waals surface area contributed by atoms with Crippen molar-refractivity contribution in [2.75, 3.05) is 26.0 Å². The van der Waals surface area contributed by atoms with Gasteiger partial charge in [0.15, 0.2) is 0 Å².